The third-order valence-corrected chi connectivity index (χ3v) is 4.08. The van der Waals surface area contributed by atoms with Crippen LogP contribution in [0.15, 0.2) is 0 Å². The smallest absolute Gasteiger partial charge is 0.0667 e. The normalized spacial score (nSPS) is 26.2. The molecular formula is C13H25NO. The van der Waals surface area contributed by atoms with Crippen LogP contribution < -0.4 is 5.32 Å². The monoisotopic (exact) mass is 211 g/mol. The fourth-order valence-corrected chi connectivity index (χ4v) is 3.15. The van der Waals surface area contributed by atoms with E-state index in [1.807, 2.05) is 0 Å². The minimum atomic E-state index is -0.103. The highest BCUT2D eigenvalue weighted by Crippen LogP contribution is 2.28. The molecule has 0 spiro atoms. The number of rotatable bonds is 5. The zero-order valence-electron chi connectivity index (χ0n) is 9.75. The van der Waals surface area contributed by atoms with Crippen molar-refractivity contribution in [3.05, 3.63) is 0 Å². The Morgan fingerprint density at radius 3 is 2.27 bits per heavy atom. The average molecular weight is 211 g/mol. The van der Waals surface area contributed by atoms with Gasteiger partial charge in [-0.05, 0) is 25.2 Å². The van der Waals surface area contributed by atoms with Crippen LogP contribution in [0.2, 0.25) is 0 Å². The first-order valence-electron chi connectivity index (χ1n) is 6.76. The second-order valence-electron chi connectivity index (χ2n) is 5.43. The van der Waals surface area contributed by atoms with Crippen LogP contribution in [0.3, 0.4) is 0 Å². The van der Waals surface area contributed by atoms with Crippen molar-refractivity contribution in [3.8, 4) is 0 Å². The molecule has 0 aromatic carbocycles. The highest BCUT2D eigenvalue weighted by Gasteiger charge is 2.20. The summed E-state index contributed by atoms with van der Waals surface area (Å²) in [5, 5.41) is 13.4. The van der Waals surface area contributed by atoms with E-state index in [1.165, 1.54) is 51.4 Å². The molecule has 2 fully saturated rings. The lowest BCUT2D eigenvalue weighted by molar-refractivity contribution is 0.137. The Morgan fingerprint density at radius 1 is 1.00 bits per heavy atom. The lowest BCUT2D eigenvalue weighted by atomic mass is 10.00. The van der Waals surface area contributed by atoms with Crippen LogP contribution in [0.25, 0.3) is 0 Å². The number of hydrogen-bond acceptors (Lipinski definition) is 2. The summed E-state index contributed by atoms with van der Waals surface area (Å²) in [6.07, 6.45) is 11.8. The van der Waals surface area contributed by atoms with Crippen molar-refractivity contribution in [2.45, 2.75) is 69.9 Å². The summed E-state index contributed by atoms with van der Waals surface area (Å²) in [6, 6.07) is 0.697. The van der Waals surface area contributed by atoms with Gasteiger partial charge in [0, 0.05) is 12.6 Å². The summed E-state index contributed by atoms with van der Waals surface area (Å²) < 4.78 is 0. The maximum atomic E-state index is 9.91. The van der Waals surface area contributed by atoms with E-state index in [1.54, 1.807) is 0 Å². The van der Waals surface area contributed by atoms with Crippen molar-refractivity contribution in [2.75, 3.05) is 6.54 Å². The van der Waals surface area contributed by atoms with Crippen LogP contribution in [0, 0.1) is 5.92 Å². The molecule has 0 amide bonds. The summed E-state index contributed by atoms with van der Waals surface area (Å²) in [4.78, 5) is 0. The largest absolute Gasteiger partial charge is 0.392 e. The van der Waals surface area contributed by atoms with Crippen molar-refractivity contribution in [1.29, 1.82) is 0 Å². The average Bonchev–Trinajstić information content (AvgIpc) is 2.86. The van der Waals surface area contributed by atoms with Gasteiger partial charge in [0.2, 0.25) is 0 Å². The Labute approximate surface area is 93.5 Å². The SMILES string of the molecule is OC(CNC1CCCC1)CC1CCCC1. The van der Waals surface area contributed by atoms with E-state index < -0.39 is 0 Å². The van der Waals surface area contributed by atoms with Crippen LogP contribution in [0.4, 0.5) is 0 Å². The summed E-state index contributed by atoms with van der Waals surface area (Å²) in [5.74, 6) is 0.811. The van der Waals surface area contributed by atoms with Gasteiger partial charge >= 0.3 is 0 Å². The molecule has 2 aliphatic carbocycles. The van der Waals surface area contributed by atoms with Crippen LogP contribution in [0.1, 0.15) is 57.8 Å². The fraction of sp³-hybridized carbons (Fsp3) is 1.00. The Kier molecular flexibility index (Phi) is 4.45. The first-order valence-corrected chi connectivity index (χ1v) is 6.76. The standard InChI is InChI=1S/C13H25NO/c15-13(9-11-5-1-2-6-11)10-14-12-7-3-4-8-12/h11-15H,1-10H2. The molecule has 0 saturated heterocycles. The second kappa shape index (κ2) is 5.86. The van der Waals surface area contributed by atoms with E-state index in [0.29, 0.717) is 6.04 Å². The Hall–Kier alpha value is -0.0800. The zero-order valence-corrected chi connectivity index (χ0v) is 9.75. The lowest BCUT2D eigenvalue weighted by Crippen LogP contribution is -2.34. The molecule has 2 heteroatoms. The molecule has 0 heterocycles. The van der Waals surface area contributed by atoms with E-state index in [2.05, 4.69) is 5.32 Å². The highest BCUT2D eigenvalue weighted by atomic mass is 16.3. The number of nitrogens with one attached hydrogen (secondary N) is 1. The van der Waals surface area contributed by atoms with E-state index in [0.717, 1.165) is 18.9 Å². The molecule has 2 nitrogen and oxygen atoms in total. The van der Waals surface area contributed by atoms with Crippen molar-refractivity contribution >= 4 is 0 Å². The van der Waals surface area contributed by atoms with Gasteiger partial charge in [0.25, 0.3) is 0 Å². The maximum Gasteiger partial charge on any atom is 0.0667 e. The molecular weight excluding hydrogens is 186 g/mol. The molecule has 2 N–H and O–H groups in total. The minimum absolute atomic E-state index is 0.103. The van der Waals surface area contributed by atoms with E-state index >= 15 is 0 Å². The second-order valence-corrected chi connectivity index (χ2v) is 5.43. The van der Waals surface area contributed by atoms with Crippen LogP contribution in [0.5, 0.6) is 0 Å². The van der Waals surface area contributed by atoms with Gasteiger partial charge in [-0.2, -0.15) is 0 Å². The lowest BCUT2D eigenvalue weighted by Gasteiger charge is -2.18. The zero-order chi connectivity index (χ0) is 10.5. The van der Waals surface area contributed by atoms with E-state index in [9.17, 15) is 5.11 Å². The van der Waals surface area contributed by atoms with E-state index in [-0.39, 0.29) is 6.10 Å². The van der Waals surface area contributed by atoms with Gasteiger partial charge in [-0.1, -0.05) is 38.5 Å². The van der Waals surface area contributed by atoms with Gasteiger partial charge in [-0.3, -0.25) is 0 Å². The third-order valence-electron chi connectivity index (χ3n) is 4.08. The third kappa shape index (κ3) is 3.76. The first kappa shape index (κ1) is 11.4. The molecule has 88 valence electrons. The molecule has 0 radical (unpaired) electrons. The summed E-state index contributed by atoms with van der Waals surface area (Å²) in [5.41, 5.74) is 0. The summed E-state index contributed by atoms with van der Waals surface area (Å²) in [7, 11) is 0. The van der Waals surface area contributed by atoms with Gasteiger partial charge in [-0.15, -0.1) is 0 Å². The minimum Gasteiger partial charge on any atom is -0.392 e. The van der Waals surface area contributed by atoms with Crippen molar-refractivity contribution in [3.63, 3.8) is 0 Å². The van der Waals surface area contributed by atoms with Crippen LogP contribution in [-0.2, 0) is 0 Å². The predicted octanol–water partition coefficient (Wildman–Crippen LogP) is 2.46. The van der Waals surface area contributed by atoms with Crippen LogP contribution >= 0.6 is 0 Å². The molecule has 0 aromatic rings. The number of hydrogen-bond donors (Lipinski definition) is 2. The summed E-state index contributed by atoms with van der Waals surface area (Å²) >= 11 is 0. The molecule has 2 saturated carbocycles. The number of aliphatic hydroxyl groups excluding tert-OH is 1. The molecule has 0 aromatic heterocycles. The molecule has 0 bridgehead atoms. The Morgan fingerprint density at radius 2 is 1.60 bits per heavy atom. The van der Waals surface area contributed by atoms with Crippen molar-refractivity contribution < 1.29 is 5.11 Å². The quantitative estimate of drug-likeness (QED) is 0.732. The highest BCUT2D eigenvalue weighted by molar-refractivity contribution is 4.77. The molecule has 2 aliphatic rings. The van der Waals surface area contributed by atoms with Crippen LogP contribution in [-0.4, -0.2) is 23.8 Å². The fourth-order valence-electron chi connectivity index (χ4n) is 3.15. The molecule has 1 unspecified atom stereocenters. The van der Waals surface area contributed by atoms with Crippen molar-refractivity contribution in [1.82, 2.24) is 5.32 Å². The maximum absolute atomic E-state index is 9.91. The predicted molar refractivity (Wildman–Crippen MR) is 62.8 cm³/mol. The molecule has 2 rings (SSSR count). The first-order chi connectivity index (χ1) is 7.34. The van der Waals surface area contributed by atoms with Crippen molar-refractivity contribution in [2.24, 2.45) is 5.92 Å². The van der Waals surface area contributed by atoms with Gasteiger partial charge < -0.3 is 10.4 Å². The Balaban J connectivity index is 1.57. The van der Waals surface area contributed by atoms with Gasteiger partial charge in [-0.25, -0.2) is 0 Å². The van der Waals surface area contributed by atoms with Gasteiger partial charge in [0.1, 0.15) is 0 Å². The number of aliphatic hydroxyl groups is 1. The molecule has 0 aliphatic heterocycles. The van der Waals surface area contributed by atoms with E-state index in [4.69, 9.17) is 0 Å². The topological polar surface area (TPSA) is 32.3 Å². The molecule has 15 heavy (non-hydrogen) atoms. The van der Waals surface area contributed by atoms with Gasteiger partial charge in [0.05, 0.1) is 6.10 Å². The summed E-state index contributed by atoms with van der Waals surface area (Å²) in [6.45, 7) is 0.821. The Bertz CT molecular complexity index is 171. The van der Waals surface area contributed by atoms with Gasteiger partial charge in [0.15, 0.2) is 0 Å². The molecule has 1 atom stereocenters.